The van der Waals surface area contributed by atoms with E-state index < -0.39 is 36.7 Å². The third-order valence-electron chi connectivity index (χ3n) is 4.24. The first-order valence-corrected chi connectivity index (χ1v) is 10.2. The zero-order valence-corrected chi connectivity index (χ0v) is 19.5. The summed E-state index contributed by atoms with van der Waals surface area (Å²) in [7, 11) is -0.487. The highest BCUT2D eigenvalue weighted by Crippen LogP contribution is 2.14. The lowest BCUT2D eigenvalue weighted by molar-refractivity contribution is -0.120. The van der Waals surface area contributed by atoms with Crippen LogP contribution >= 0.6 is 11.6 Å². The molecule has 2 aromatic rings. The van der Waals surface area contributed by atoms with Gasteiger partial charge < -0.3 is 25.4 Å². The molecule has 0 bridgehead atoms. The molecule has 0 spiro atoms. The third-order valence-corrected chi connectivity index (χ3v) is 4.46. The number of halogens is 1. The molecule has 0 aliphatic heterocycles. The van der Waals surface area contributed by atoms with E-state index in [2.05, 4.69) is 20.6 Å². The van der Waals surface area contributed by atoms with E-state index >= 15 is 0 Å². The summed E-state index contributed by atoms with van der Waals surface area (Å²) in [5, 5.41) is 24.5. The minimum atomic E-state index is -1.89. The monoisotopic (exact) mass is 477 g/mol. The Morgan fingerprint density at radius 1 is 1.15 bits per heavy atom. The number of carbonyl (C=O) groups excluding carboxylic acids is 3. The average molecular weight is 478 g/mol. The molecule has 0 radical (unpaired) electrons. The van der Waals surface area contributed by atoms with E-state index in [-0.39, 0.29) is 22.8 Å². The highest BCUT2D eigenvalue weighted by atomic mass is 35.5. The summed E-state index contributed by atoms with van der Waals surface area (Å²) >= 11 is 5.77. The van der Waals surface area contributed by atoms with Crippen molar-refractivity contribution in [2.45, 2.75) is 39.3 Å². The van der Waals surface area contributed by atoms with E-state index in [1.54, 1.807) is 20.8 Å². The first-order chi connectivity index (χ1) is 15.3. The molecule has 1 atom stereocenters. The van der Waals surface area contributed by atoms with Gasteiger partial charge in [-0.2, -0.15) is 0 Å². The smallest absolute Gasteiger partial charge is 0.444 e. The largest absolute Gasteiger partial charge is 0.488 e. The van der Waals surface area contributed by atoms with Crippen LogP contribution in [-0.4, -0.2) is 68.6 Å². The lowest BCUT2D eigenvalue weighted by Crippen LogP contribution is -2.45. The van der Waals surface area contributed by atoms with Crippen LogP contribution in [0.2, 0.25) is 5.02 Å². The normalized spacial score (nSPS) is 11.9. The van der Waals surface area contributed by atoms with Gasteiger partial charge in [0.25, 0.3) is 5.91 Å². The SMILES string of the molecule is CC(C(=O)Nc1cc(B(O)O)cc(NC(=O)c2ccc(Cl)cn2)n1)N(C)C(=O)OC(C)(C)C. The fourth-order valence-electron chi connectivity index (χ4n) is 2.42. The van der Waals surface area contributed by atoms with E-state index in [1.807, 2.05) is 0 Å². The molecule has 3 amide bonds. The molecule has 0 aliphatic rings. The van der Waals surface area contributed by atoms with E-state index in [4.69, 9.17) is 16.3 Å². The van der Waals surface area contributed by atoms with Crippen molar-refractivity contribution in [1.82, 2.24) is 14.9 Å². The van der Waals surface area contributed by atoms with E-state index in [0.29, 0.717) is 5.02 Å². The second-order valence-electron chi connectivity index (χ2n) is 8.12. The van der Waals surface area contributed by atoms with Crippen molar-refractivity contribution in [3.63, 3.8) is 0 Å². The van der Waals surface area contributed by atoms with Crippen molar-refractivity contribution >= 4 is 53.7 Å². The number of likely N-dealkylation sites (N-methyl/N-ethyl adjacent to an activating group) is 1. The predicted octanol–water partition coefficient (Wildman–Crippen LogP) is 1.26. The summed E-state index contributed by atoms with van der Waals surface area (Å²) in [4.78, 5) is 46.4. The first kappa shape index (κ1) is 26.0. The van der Waals surface area contributed by atoms with E-state index in [9.17, 15) is 24.4 Å². The van der Waals surface area contributed by atoms with Crippen molar-refractivity contribution in [1.29, 1.82) is 0 Å². The second kappa shape index (κ2) is 10.6. The number of nitrogens with zero attached hydrogens (tertiary/aromatic N) is 3. The lowest BCUT2D eigenvalue weighted by atomic mass is 9.81. The van der Waals surface area contributed by atoms with Gasteiger partial charge in [0.05, 0.1) is 5.02 Å². The fourth-order valence-corrected chi connectivity index (χ4v) is 2.53. The van der Waals surface area contributed by atoms with Gasteiger partial charge in [-0.25, -0.2) is 14.8 Å². The number of ether oxygens (including phenoxy) is 1. The van der Waals surface area contributed by atoms with Crippen LogP contribution in [-0.2, 0) is 9.53 Å². The first-order valence-electron chi connectivity index (χ1n) is 9.84. The van der Waals surface area contributed by atoms with E-state index in [0.717, 1.165) is 4.90 Å². The summed E-state index contributed by atoms with van der Waals surface area (Å²) in [5.74, 6) is -1.38. The Morgan fingerprint density at radius 2 is 1.76 bits per heavy atom. The van der Waals surface area contributed by atoms with Crippen molar-refractivity contribution in [2.75, 3.05) is 17.7 Å². The molecule has 0 saturated heterocycles. The third kappa shape index (κ3) is 7.70. The molecule has 13 heteroatoms. The number of aromatic nitrogens is 2. The molecule has 0 fully saturated rings. The number of hydrogen-bond donors (Lipinski definition) is 4. The summed E-state index contributed by atoms with van der Waals surface area (Å²) in [6.45, 7) is 6.59. The van der Waals surface area contributed by atoms with Crippen LogP contribution in [0.3, 0.4) is 0 Å². The highest BCUT2D eigenvalue weighted by Gasteiger charge is 2.27. The van der Waals surface area contributed by atoms with Gasteiger partial charge in [-0.15, -0.1) is 0 Å². The average Bonchev–Trinajstić information content (AvgIpc) is 2.71. The minimum absolute atomic E-state index is 0.0344. The van der Waals surface area contributed by atoms with Gasteiger partial charge in [-0.1, -0.05) is 11.6 Å². The van der Waals surface area contributed by atoms with E-state index in [1.165, 1.54) is 44.4 Å². The molecule has 176 valence electrons. The van der Waals surface area contributed by atoms with Crippen LogP contribution in [0.5, 0.6) is 0 Å². The molecule has 11 nitrogen and oxygen atoms in total. The molecule has 33 heavy (non-hydrogen) atoms. The van der Waals surface area contributed by atoms with Crippen LogP contribution < -0.4 is 16.1 Å². The summed E-state index contributed by atoms with van der Waals surface area (Å²) in [6, 6.07) is 4.39. The Bertz CT molecular complexity index is 1030. The molecular formula is C20H25BClN5O6. The molecule has 4 N–H and O–H groups in total. The Kier molecular flexibility index (Phi) is 8.37. The van der Waals surface area contributed by atoms with Crippen LogP contribution in [0.25, 0.3) is 0 Å². The lowest BCUT2D eigenvalue weighted by Gasteiger charge is -2.28. The number of rotatable bonds is 6. The summed E-state index contributed by atoms with van der Waals surface area (Å²) in [6.07, 6.45) is 0.604. The van der Waals surface area contributed by atoms with Gasteiger partial charge in [0.1, 0.15) is 29.0 Å². The minimum Gasteiger partial charge on any atom is -0.444 e. The zero-order valence-electron chi connectivity index (χ0n) is 18.8. The van der Waals surface area contributed by atoms with Crippen LogP contribution in [0.15, 0.2) is 30.5 Å². The Labute approximate surface area is 196 Å². The van der Waals surface area contributed by atoms with Crippen LogP contribution in [0.4, 0.5) is 16.4 Å². The Hall–Kier alpha value is -3.22. The van der Waals surface area contributed by atoms with Gasteiger partial charge >= 0.3 is 13.2 Å². The van der Waals surface area contributed by atoms with Crippen LogP contribution in [0.1, 0.15) is 38.2 Å². The predicted molar refractivity (Wildman–Crippen MR) is 123 cm³/mol. The topological polar surface area (TPSA) is 154 Å². The standard InChI is InChI=1S/C20H25BClN5O6/c1-11(27(5)19(30)33-20(2,3)4)17(28)25-15-8-12(21(31)32)9-16(24-15)26-18(29)14-7-6-13(22)10-23-14/h6-11,31-32H,1-5H3,(H2,24,25,26,28,29). The summed E-state index contributed by atoms with van der Waals surface area (Å²) < 4.78 is 5.25. The maximum absolute atomic E-state index is 12.7. The van der Waals surface area contributed by atoms with Gasteiger partial charge in [0.15, 0.2) is 0 Å². The fraction of sp³-hybridized carbons (Fsp3) is 0.350. The molecular weight excluding hydrogens is 453 g/mol. The molecule has 0 aliphatic carbocycles. The van der Waals surface area contributed by atoms with Crippen molar-refractivity contribution in [3.8, 4) is 0 Å². The van der Waals surface area contributed by atoms with Crippen molar-refractivity contribution in [2.24, 2.45) is 0 Å². The number of anilines is 2. The van der Waals surface area contributed by atoms with Crippen molar-refractivity contribution in [3.05, 3.63) is 41.2 Å². The molecule has 2 rings (SSSR count). The molecule has 2 aromatic heterocycles. The summed E-state index contributed by atoms with van der Waals surface area (Å²) in [5.41, 5.74) is -0.719. The Morgan fingerprint density at radius 3 is 2.27 bits per heavy atom. The van der Waals surface area contributed by atoms with Gasteiger partial charge in [-0.3, -0.25) is 14.5 Å². The second-order valence-corrected chi connectivity index (χ2v) is 8.55. The number of amides is 3. The maximum Gasteiger partial charge on any atom is 0.488 e. The van der Waals surface area contributed by atoms with Crippen molar-refractivity contribution < 1.29 is 29.2 Å². The molecule has 0 saturated carbocycles. The number of pyridine rings is 2. The molecule has 2 heterocycles. The Balaban J connectivity index is 2.19. The maximum atomic E-state index is 12.7. The number of hydrogen-bond acceptors (Lipinski definition) is 8. The zero-order chi connectivity index (χ0) is 24.9. The number of nitrogens with one attached hydrogen (secondary N) is 2. The highest BCUT2D eigenvalue weighted by molar-refractivity contribution is 6.58. The van der Waals surface area contributed by atoms with Gasteiger partial charge in [-0.05, 0) is 57.4 Å². The molecule has 0 aromatic carbocycles. The van der Waals surface area contributed by atoms with Crippen LogP contribution in [0, 0.1) is 0 Å². The van der Waals surface area contributed by atoms with Gasteiger partial charge in [0, 0.05) is 13.2 Å². The quantitative estimate of drug-likeness (QED) is 0.453. The van der Waals surface area contributed by atoms with Gasteiger partial charge in [0.2, 0.25) is 5.91 Å². The number of carbonyl (C=O) groups is 3. The molecule has 1 unspecified atom stereocenters.